The van der Waals surface area contributed by atoms with Crippen LogP contribution in [0.5, 0.6) is 11.5 Å². The average molecular weight is 349 g/mol. The number of rotatable bonds is 9. The van der Waals surface area contributed by atoms with Gasteiger partial charge in [0.25, 0.3) is 0 Å². The first-order valence-electron chi connectivity index (χ1n) is 7.77. The summed E-state index contributed by atoms with van der Waals surface area (Å²) in [5.74, 6) is 1.17. The van der Waals surface area contributed by atoms with Gasteiger partial charge in [0.1, 0.15) is 6.61 Å². The highest BCUT2D eigenvalue weighted by atomic mass is 32.1. The van der Waals surface area contributed by atoms with Crippen molar-refractivity contribution in [1.82, 2.24) is 4.90 Å². The Labute approximate surface area is 146 Å². The van der Waals surface area contributed by atoms with Crippen molar-refractivity contribution in [2.45, 2.75) is 20.1 Å². The van der Waals surface area contributed by atoms with Crippen LogP contribution in [0.2, 0.25) is 0 Å². The third-order valence-corrected chi connectivity index (χ3v) is 4.46. The smallest absolute Gasteiger partial charge is 0.319 e. The third-order valence-electron chi connectivity index (χ3n) is 3.61. The second kappa shape index (κ2) is 9.30. The summed E-state index contributed by atoms with van der Waals surface area (Å²) < 4.78 is 16.0. The molecule has 0 aliphatic rings. The number of benzene rings is 1. The van der Waals surface area contributed by atoms with Gasteiger partial charge in [-0.1, -0.05) is 19.1 Å². The Bertz CT molecular complexity index is 642. The zero-order chi connectivity index (χ0) is 17.4. The van der Waals surface area contributed by atoms with Crippen molar-refractivity contribution >= 4 is 17.3 Å². The lowest BCUT2D eigenvalue weighted by atomic mass is 10.2. The van der Waals surface area contributed by atoms with Crippen LogP contribution in [0.3, 0.4) is 0 Å². The third kappa shape index (κ3) is 5.25. The Morgan fingerprint density at radius 3 is 2.67 bits per heavy atom. The standard InChI is InChI=1S/C18H23NO4S/c1-4-19(12-18(20)22-3)11-14-7-8-16(17(10-14)21-2)23-13-15-6-5-9-24-15/h5-10H,4,11-13H2,1-3H3. The Kier molecular flexibility index (Phi) is 7.08. The summed E-state index contributed by atoms with van der Waals surface area (Å²) in [5.41, 5.74) is 1.06. The molecule has 1 aromatic carbocycles. The van der Waals surface area contributed by atoms with Gasteiger partial charge in [0.2, 0.25) is 0 Å². The number of carbonyl (C=O) groups excluding carboxylic acids is 1. The summed E-state index contributed by atoms with van der Waals surface area (Å²) in [4.78, 5) is 14.6. The molecule has 0 atom stereocenters. The Morgan fingerprint density at radius 1 is 1.21 bits per heavy atom. The van der Waals surface area contributed by atoms with Crippen LogP contribution in [-0.4, -0.2) is 38.2 Å². The largest absolute Gasteiger partial charge is 0.493 e. The maximum atomic E-state index is 11.4. The van der Waals surface area contributed by atoms with Crippen molar-refractivity contribution in [3.63, 3.8) is 0 Å². The van der Waals surface area contributed by atoms with E-state index in [1.807, 2.05) is 47.5 Å². The SMILES string of the molecule is CCN(CC(=O)OC)Cc1ccc(OCc2cccs2)c(OC)c1. The van der Waals surface area contributed by atoms with Gasteiger partial charge in [0.05, 0.1) is 20.8 Å². The quantitative estimate of drug-likeness (QED) is 0.650. The molecule has 0 aliphatic carbocycles. The molecule has 0 saturated carbocycles. The lowest BCUT2D eigenvalue weighted by Gasteiger charge is -2.20. The molecule has 0 amide bonds. The van der Waals surface area contributed by atoms with Crippen LogP contribution in [-0.2, 0) is 22.7 Å². The topological polar surface area (TPSA) is 48.0 Å². The lowest BCUT2D eigenvalue weighted by Crippen LogP contribution is -2.29. The number of methoxy groups -OCH3 is 2. The first kappa shape index (κ1) is 18.3. The van der Waals surface area contributed by atoms with Gasteiger partial charge in [-0.3, -0.25) is 9.69 Å². The Balaban J connectivity index is 2.02. The van der Waals surface area contributed by atoms with Gasteiger partial charge in [-0.05, 0) is 35.7 Å². The molecular weight excluding hydrogens is 326 g/mol. The van der Waals surface area contributed by atoms with Gasteiger partial charge in [0, 0.05) is 11.4 Å². The summed E-state index contributed by atoms with van der Waals surface area (Å²) in [6.45, 7) is 4.21. The van der Waals surface area contributed by atoms with Gasteiger partial charge in [-0.2, -0.15) is 0 Å². The molecular formula is C18H23NO4S. The van der Waals surface area contributed by atoms with Crippen LogP contribution in [0.4, 0.5) is 0 Å². The van der Waals surface area contributed by atoms with E-state index in [2.05, 4.69) is 0 Å². The maximum absolute atomic E-state index is 11.4. The minimum absolute atomic E-state index is 0.236. The molecule has 5 nitrogen and oxygen atoms in total. The lowest BCUT2D eigenvalue weighted by molar-refractivity contribution is -0.142. The van der Waals surface area contributed by atoms with Crippen LogP contribution in [0.25, 0.3) is 0 Å². The summed E-state index contributed by atoms with van der Waals surface area (Å²) in [6.07, 6.45) is 0. The van der Waals surface area contributed by atoms with Gasteiger partial charge in [-0.15, -0.1) is 11.3 Å². The number of likely N-dealkylation sites (N-methyl/N-ethyl adjacent to an activating group) is 1. The molecule has 1 heterocycles. The molecule has 2 aromatic rings. The first-order valence-corrected chi connectivity index (χ1v) is 8.65. The monoisotopic (exact) mass is 349 g/mol. The van der Waals surface area contributed by atoms with E-state index in [1.54, 1.807) is 18.4 Å². The van der Waals surface area contributed by atoms with Crippen molar-refractivity contribution in [3.05, 3.63) is 46.2 Å². The highest BCUT2D eigenvalue weighted by Gasteiger charge is 2.12. The van der Waals surface area contributed by atoms with E-state index in [0.29, 0.717) is 24.7 Å². The summed E-state index contributed by atoms with van der Waals surface area (Å²) in [6, 6.07) is 9.89. The second-order valence-electron chi connectivity index (χ2n) is 5.23. The second-order valence-corrected chi connectivity index (χ2v) is 6.26. The molecule has 0 spiro atoms. The highest BCUT2D eigenvalue weighted by Crippen LogP contribution is 2.29. The van der Waals surface area contributed by atoms with E-state index in [-0.39, 0.29) is 12.5 Å². The molecule has 130 valence electrons. The summed E-state index contributed by atoms with van der Waals surface area (Å²) >= 11 is 1.66. The van der Waals surface area contributed by atoms with E-state index in [4.69, 9.17) is 14.2 Å². The predicted octanol–water partition coefficient (Wildman–Crippen LogP) is 3.33. The molecule has 24 heavy (non-hydrogen) atoms. The van der Waals surface area contributed by atoms with Gasteiger partial charge < -0.3 is 14.2 Å². The Morgan fingerprint density at radius 2 is 2.04 bits per heavy atom. The first-order chi connectivity index (χ1) is 11.7. The number of ether oxygens (including phenoxy) is 3. The molecule has 0 bridgehead atoms. The fourth-order valence-electron chi connectivity index (χ4n) is 2.26. The van der Waals surface area contributed by atoms with Gasteiger partial charge in [-0.25, -0.2) is 0 Å². The van der Waals surface area contributed by atoms with Crippen LogP contribution in [0.1, 0.15) is 17.4 Å². The van der Waals surface area contributed by atoms with E-state index >= 15 is 0 Å². The minimum Gasteiger partial charge on any atom is -0.493 e. The van der Waals surface area contributed by atoms with Crippen LogP contribution in [0, 0.1) is 0 Å². The Hall–Kier alpha value is -2.05. The summed E-state index contributed by atoms with van der Waals surface area (Å²) in [5, 5.41) is 2.03. The van der Waals surface area contributed by atoms with Crippen molar-refractivity contribution in [3.8, 4) is 11.5 Å². The number of nitrogens with zero attached hydrogens (tertiary/aromatic N) is 1. The average Bonchev–Trinajstić information content (AvgIpc) is 3.13. The number of esters is 1. The zero-order valence-corrected chi connectivity index (χ0v) is 15.1. The number of thiophene rings is 1. The fourth-order valence-corrected chi connectivity index (χ4v) is 2.87. The molecule has 1 aromatic heterocycles. The molecule has 0 unspecified atom stereocenters. The van der Waals surface area contributed by atoms with Crippen LogP contribution < -0.4 is 9.47 Å². The zero-order valence-electron chi connectivity index (χ0n) is 14.3. The van der Waals surface area contributed by atoms with E-state index < -0.39 is 0 Å². The van der Waals surface area contributed by atoms with E-state index in [0.717, 1.165) is 17.0 Å². The molecule has 0 fully saturated rings. The number of carbonyl (C=O) groups is 1. The molecule has 2 rings (SSSR count). The van der Waals surface area contributed by atoms with E-state index in [1.165, 1.54) is 7.11 Å². The number of hydrogen-bond acceptors (Lipinski definition) is 6. The predicted molar refractivity (Wildman–Crippen MR) is 94.6 cm³/mol. The van der Waals surface area contributed by atoms with E-state index in [9.17, 15) is 4.79 Å². The van der Waals surface area contributed by atoms with Gasteiger partial charge >= 0.3 is 5.97 Å². The molecule has 0 aliphatic heterocycles. The van der Waals surface area contributed by atoms with Gasteiger partial charge in [0.15, 0.2) is 11.5 Å². The molecule has 0 radical (unpaired) electrons. The van der Waals surface area contributed by atoms with Crippen molar-refractivity contribution < 1.29 is 19.0 Å². The molecule has 0 saturated heterocycles. The number of hydrogen-bond donors (Lipinski definition) is 0. The van der Waals surface area contributed by atoms with Crippen molar-refractivity contribution in [1.29, 1.82) is 0 Å². The minimum atomic E-state index is -0.236. The summed E-state index contributed by atoms with van der Waals surface area (Å²) in [7, 11) is 3.03. The molecule has 6 heteroatoms. The fraction of sp³-hybridized carbons (Fsp3) is 0.389. The highest BCUT2D eigenvalue weighted by molar-refractivity contribution is 7.09. The van der Waals surface area contributed by atoms with Crippen LogP contribution in [0.15, 0.2) is 35.7 Å². The maximum Gasteiger partial charge on any atom is 0.319 e. The van der Waals surface area contributed by atoms with Crippen LogP contribution >= 0.6 is 11.3 Å². The van der Waals surface area contributed by atoms with Crippen molar-refractivity contribution in [2.24, 2.45) is 0 Å². The van der Waals surface area contributed by atoms with Crippen molar-refractivity contribution in [2.75, 3.05) is 27.3 Å². The molecule has 0 N–H and O–H groups in total. The normalized spacial score (nSPS) is 10.7.